The van der Waals surface area contributed by atoms with Crippen LogP contribution in [-0.2, 0) is 27.2 Å². The van der Waals surface area contributed by atoms with Crippen LogP contribution in [0.15, 0.2) is 42.5 Å². The maximum absolute atomic E-state index is 12.5. The van der Waals surface area contributed by atoms with Gasteiger partial charge in [-0.2, -0.15) is 0 Å². The van der Waals surface area contributed by atoms with Crippen molar-refractivity contribution in [3.8, 4) is 0 Å². The lowest BCUT2D eigenvalue weighted by molar-refractivity contribution is -0.117. The van der Waals surface area contributed by atoms with Gasteiger partial charge in [-0.25, -0.2) is 4.79 Å². The van der Waals surface area contributed by atoms with Crippen molar-refractivity contribution in [2.75, 3.05) is 23.9 Å². The summed E-state index contributed by atoms with van der Waals surface area (Å²) in [6.07, 6.45) is 1.75. The van der Waals surface area contributed by atoms with Crippen LogP contribution in [0, 0.1) is 0 Å². The Balaban J connectivity index is 2.13. The van der Waals surface area contributed by atoms with Gasteiger partial charge < -0.3 is 15.0 Å². The number of para-hydroxylation sites is 1. The zero-order valence-corrected chi connectivity index (χ0v) is 17.5. The smallest absolute Gasteiger partial charge is 0.337 e. The molecular formula is C23H28N2O4. The molecule has 2 aromatic carbocycles. The van der Waals surface area contributed by atoms with Crippen molar-refractivity contribution in [1.82, 2.24) is 0 Å². The fraction of sp³-hybridized carbons (Fsp3) is 0.348. The molecule has 29 heavy (non-hydrogen) atoms. The predicted octanol–water partition coefficient (Wildman–Crippen LogP) is 3.98. The standard InChI is InChI=1S/C23H28N2O4/c1-5-17-9-7-10-18(6-2)22(17)25(16(3)26)14-13-21(27)24-20-12-8-11-19(15-20)23(28)29-4/h7-12,15H,5-6,13-14H2,1-4H3,(H,24,27). The van der Waals surface area contributed by atoms with Gasteiger partial charge in [-0.05, 0) is 42.2 Å². The molecule has 2 amide bonds. The highest BCUT2D eigenvalue weighted by molar-refractivity contribution is 5.97. The van der Waals surface area contributed by atoms with Crippen molar-refractivity contribution in [2.45, 2.75) is 40.0 Å². The molecule has 0 fully saturated rings. The van der Waals surface area contributed by atoms with E-state index in [1.54, 1.807) is 29.2 Å². The van der Waals surface area contributed by atoms with Gasteiger partial charge >= 0.3 is 5.97 Å². The van der Waals surface area contributed by atoms with Gasteiger partial charge in [0.25, 0.3) is 0 Å². The molecule has 0 saturated heterocycles. The zero-order valence-electron chi connectivity index (χ0n) is 17.5. The number of rotatable bonds is 8. The lowest BCUT2D eigenvalue weighted by Gasteiger charge is -2.26. The maximum Gasteiger partial charge on any atom is 0.337 e. The SMILES string of the molecule is CCc1cccc(CC)c1N(CCC(=O)Nc1cccc(C(=O)OC)c1)C(C)=O. The molecule has 2 aromatic rings. The summed E-state index contributed by atoms with van der Waals surface area (Å²) in [7, 11) is 1.31. The van der Waals surface area contributed by atoms with Gasteiger partial charge in [0, 0.05) is 31.3 Å². The molecule has 0 saturated carbocycles. The van der Waals surface area contributed by atoms with Crippen LogP contribution in [0.5, 0.6) is 0 Å². The van der Waals surface area contributed by atoms with Crippen molar-refractivity contribution in [1.29, 1.82) is 0 Å². The van der Waals surface area contributed by atoms with Crippen LogP contribution >= 0.6 is 0 Å². The first-order valence-electron chi connectivity index (χ1n) is 9.78. The molecule has 0 aromatic heterocycles. The van der Waals surface area contributed by atoms with Crippen LogP contribution in [0.3, 0.4) is 0 Å². The summed E-state index contributed by atoms with van der Waals surface area (Å²) >= 11 is 0. The topological polar surface area (TPSA) is 75.7 Å². The Labute approximate surface area is 171 Å². The number of esters is 1. The summed E-state index contributed by atoms with van der Waals surface area (Å²) in [4.78, 5) is 38.1. The lowest BCUT2D eigenvalue weighted by Crippen LogP contribution is -2.33. The monoisotopic (exact) mass is 396 g/mol. The molecule has 154 valence electrons. The molecule has 6 heteroatoms. The van der Waals surface area contributed by atoms with Crippen LogP contribution < -0.4 is 10.2 Å². The third-order valence-corrected chi connectivity index (χ3v) is 4.74. The van der Waals surface area contributed by atoms with E-state index >= 15 is 0 Å². The van der Waals surface area contributed by atoms with Gasteiger partial charge in [-0.3, -0.25) is 9.59 Å². The van der Waals surface area contributed by atoms with Gasteiger partial charge in [0.1, 0.15) is 0 Å². The van der Waals surface area contributed by atoms with Crippen LogP contribution in [0.25, 0.3) is 0 Å². The fourth-order valence-electron chi connectivity index (χ4n) is 3.27. The van der Waals surface area contributed by atoms with Crippen molar-refractivity contribution < 1.29 is 19.1 Å². The first-order chi connectivity index (χ1) is 13.9. The van der Waals surface area contributed by atoms with Crippen LogP contribution in [0.4, 0.5) is 11.4 Å². The number of carbonyl (C=O) groups excluding carboxylic acids is 3. The summed E-state index contributed by atoms with van der Waals surface area (Å²) in [5.41, 5.74) is 3.96. The van der Waals surface area contributed by atoms with Gasteiger partial charge in [-0.1, -0.05) is 38.1 Å². The number of nitrogens with zero attached hydrogens (tertiary/aromatic N) is 1. The van der Waals surface area contributed by atoms with Crippen molar-refractivity contribution >= 4 is 29.2 Å². The summed E-state index contributed by atoms with van der Waals surface area (Å²) in [6, 6.07) is 12.6. The third-order valence-electron chi connectivity index (χ3n) is 4.74. The maximum atomic E-state index is 12.5. The van der Waals surface area contributed by atoms with Crippen molar-refractivity contribution in [3.05, 3.63) is 59.2 Å². The minimum Gasteiger partial charge on any atom is -0.465 e. The van der Waals surface area contributed by atoms with Crippen LogP contribution in [0.1, 0.15) is 48.7 Å². The first kappa shape index (κ1) is 22.1. The molecule has 0 radical (unpaired) electrons. The second-order valence-electron chi connectivity index (χ2n) is 6.67. The Morgan fingerprint density at radius 3 is 2.17 bits per heavy atom. The molecule has 1 N–H and O–H groups in total. The predicted molar refractivity (Wildman–Crippen MR) is 114 cm³/mol. The average Bonchev–Trinajstić information content (AvgIpc) is 2.73. The Morgan fingerprint density at radius 1 is 1.00 bits per heavy atom. The molecule has 0 atom stereocenters. The van der Waals surface area contributed by atoms with Gasteiger partial charge in [0.05, 0.1) is 12.7 Å². The van der Waals surface area contributed by atoms with Crippen LogP contribution in [-0.4, -0.2) is 31.4 Å². The summed E-state index contributed by atoms with van der Waals surface area (Å²) < 4.78 is 4.70. The number of ether oxygens (including phenoxy) is 1. The Morgan fingerprint density at radius 2 is 1.62 bits per heavy atom. The Bertz CT molecular complexity index is 870. The quantitative estimate of drug-likeness (QED) is 0.685. The number of aryl methyl sites for hydroxylation is 2. The molecule has 2 rings (SSSR count). The van der Waals surface area contributed by atoms with E-state index in [0.717, 1.165) is 29.7 Å². The Hall–Kier alpha value is -3.15. The minimum atomic E-state index is -0.466. The second-order valence-corrected chi connectivity index (χ2v) is 6.67. The van der Waals surface area contributed by atoms with Gasteiger partial charge in [0.15, 0.2) is 0 Å². The highest BCUT2D eigenvalue weighted by atomic mass is 16.5. The number of hydrogen-bond donors (Lipinski definition) is 1. The number of amides is 2. The fourth-order valence-corrected chi connectivity index (χ4v) is 3.27. The molecule has 0 spiro atoms. The molecular weight excluding hydrogens is 368 g/mol. The average molecular weight is 396 g/mol. The lowest BCUT2D eigenvalue weighted by atomic mass is 10.0. The molecule has 0 aliphatic rings. The van der Waals surface area contributed by atoms with Crippen LogP contribution in [0.2, 0.25) is 0 Å². The van der Waals surface area contributed by atoms with E-state index in [9.17, 15) is 14.4 Å². The van der Waals surface area contributed by atoms with E-state index in [2.05, 4.69) is 19.2 Å². The van der Waals surface area contributed by atoms with E-state index in [1.807, 2.05) is 18.2 Å². The largest absolute Gasteiger partial charge is 0.465 e. The number of benzene rings is 2. The summed E-state index contributed by atoms with van der Waals surface area (Å²) in [5, 5.41) is 2.78. The highest BCUT2D eigenvalue weighted by Crippen LogP contribution is 2.27. The molecule has 6 nitrogen and oxygen atoms in total. The van der Waals surface area contributed by atoms with E-state index in [0.29, 0.717) is 11.3 Å². The van der Waals surface area contributed by atoms with Crippen molar-refractivity contribution in [3.63, 3.8) is 0 Å². The van der Waals surface area contributed by atoms with E-state index in [1.165, 1.54) is 14.0 Å². The number of carbonyl (C=O) groups is 3. The van der Waals surface area contributed by atoms with Gasteiger partial charge in [-0.15, -0.1) is 0 Å². The molecule has 0 bridgehead atoms. The zero-order chi connectivity index (χ0) is 21.4. The highest BCUT2D eigenvalue weighted by Gasteiger charge is 2.19. The van der Waals surface area contributed by atoms with Crippen molar-refractivity contribution in [2.24, 2.45) is 0 Å². The molecule has 0 aliphatic carbocycles. The van der Waals surface area contributed by atoms with E-state index in [4.69, 9.17) is 4.74 Å². The number of nitrogens with one attached hydrogen (secondary N) is 1. The number of hydrogen-bond acceptors (Lipinski definition) is 4. The second kappa shape index (κ2) is 10.4. The summed E-state index contributed by atoms with van der Waals surface area (Å²) in [5.74, 6) is -0.793. The van der Waals surface area contributed by atoms with E-state index < -0.39 is 5.97 Å². The normalized spacial score (nSPS) is 10.3. The van der Waals surface area contributed by atoms with Gasteiger partial charge in [0.2, 0.25) is 11.8 Å². The Kier molecular flexibility index (Phi) is 7.95. The minimum absolute atomic E-state index is 0.0962. The van der Waals surface area contributed by atoms with E-state index in [-0.39, 0.29) is 24.8 Å². The molecule has 0 heterocycles. The molecule has 0 unspecified atom stereocenters. The first-order valence-corrected chi connectivity index (χ1v) is 9.78. The molecule has 0 aliphatic heterocycles. The number of methoxy groups -OCH3 is 1. The number of anilines is 2. The third kappa shape index (κ3) is 5.67. The summed E-state index contributed by atoms with van der Waals surface area (Å²) in [6.45, 7) is 5.90.